The van der Waals surface area contributed by atoms with Crippen molar-refractivity contribution in [1.82, 2.24) is 0 Å². The third kappa shape index (κ3) is 8.18. The van der Waals surface area contributed by atoms with Crippen LogP contribution < -0.4 is 0 Å². The number of aliphatic hydroxyl groups is 4. The highest BCUT2D eigenvalue weighted by Crippen LogP contribution is 2.08. The van der Waals surface area contributed by atoms with E-state index in [0.29, 0.717) is 32.1 Å². The summed E-state index contributed by atoms with van der Waals surface area (Å²) in [7, 11) is 0. The highest BCUT2D eigenvalue weighted by atomic mass is 16.3. The average Bonchev–Trinajstić information content (AvgIpc) is 2.12. The molecular weight excluding hydrogens is 172 g/mol. The molecule has 0 amide bonds. The molecule has 0 saturated heterocycles. The molecule has 2 unspecified atom stereocenters. The minimum Gasteiger partial charge on any atom is -0.396 e. The van der Waals surface area contributed by atoms with Gasteiger partial charge in [0.2, 0.25) is 0 Å². The van der Waals surface area contributed by atoms with Crippen molar-refractivity contribution < 1.29 is 20.4 Å². The van der Waals surface area contributed by atoms with Gasteiger partial charge in [-0.25, -0.2) is 0 Å². The van der Waals surface area contributed by atoms with E-state index in [1.165, 1.54) is 0 Å². The molecule has 4 N–H and O–H groups in total. The Morgan fingerprint density at radius 2 is 1.23 bits per heavy atom. The Morgan fingerprint density at radius 1 is 0.692 bits per heavy atom. The molecule has 0 fully saturated rings. The molecule has 13 heavy (non-hydrogen) atoms. The van der Waals surface area contributed by atoms with Gasteiger partial charge in [0.1, 0.15) is 0 Å². The molecule has 0 rings (SSSR count). The van der Waals surface area contributed by atoms with Gasteiger partial charge in [-0.1, -0.05) is 0 Å². The quantitative estimate of drug-likeness (QED) is 0.423. The summed E-state index contributed by atoms with van der Waals surface area (Å²) in [6.07, 6.45) is 1.61. The van der Waals surface area contributed by atoms with Crippen LogP contribution in [0.5, 0.6) is 0 Å². The SMILES string of the molecule is OCCCC(O)CCC(O)CCO. The lowest BCUT2D eigenvalue weighted by Gasteiger charge is -2.12. The zero-order valence-corrected chi connectivity index (χ0v) is 7.89. The molecule has 0 aliphatic carbocycles. The largest absolute Gasteiger partial charge is 0.396 e. The second-order valence-corrected chi connectivity index (χ2v) is 3.26. The zero-order valence-electron chi connectivity index (χ0n) is 7.89. The Kier molecular flexibility index (Phi) is 8.33. The normalized spacial score (nSPS) is 15.7. The predicted octanol–water partition coefficient (Wildman–Crippen LogP) is -0.357. The van der Waals surface area contributed by atoms with Crippen LogP contribution in [-0.4, -0.2) is 45.8 Å². The molecule has 0 radical (unpaired) electrons. The monoisotopic (exact) mass is 192 g/mol. The molecule has 0 saturated carbocycles. The molecule has 0 spiro atoms. The van der Waals surface area contributed by atoms with E-state index in [-0.39, 0.29) is 13.2 Å². The summed E-state index contributed by atoms with van der Waals surface area (Å²) in [5.41, 5.74) is 0. The lowest BCUT2D eigenvalue weighted by molar-refractivity contribution is 0.0877. The van der Waals surface area contributed by atoms with Gasteiger partial charge in [0, 0.05) is 13.2 Å². The third-order valence-electron chi connectivity index (χ3n) is 1.99. The van der Waals surface area contributed by atoms with Crippen LogP contribution in [0.15, 0.2) is 0 Å². The second-order valence-electron chi connectivity index (χ2n) is 3.26. The van der Waals surface area contributed by atoms with E-state index in [1.54, 1.807) is 0 Å². The van der Waals surface area contributed by atoms with E-state index in [4.69, 9.17) is 10.2 Å². The predicted molar refractivity (Wildman–Crippen MR) is 49.3 cm³/mol. The van der Waals surface area contributed by atoms with Gasteiger partial charge in [0.15, 0.2) is 0 Å². The summed E-state index contributed by atoms with van der Waals surface area (Å²) in [5, 5.41) is 35.5. The molecule has 2 atom stereocenters. The van der Waals surface area contributed by atoms with Gasteiger partial charge in [0.05, 0.1) is 12.2 Å². The highest BCUT2D eigenvalue weighted by Gasteiger charge is 2.08. The van der Waals surface area contributed by atoms with Crippen molar-refractivity contribution in [2.45, 2.75) is 44.3 Å². The molecule has 0 aromatic rings. The maximum atomic E-state index is 9.31. The summed E-state index contributed by atoms with van der Waals surface area (Å²) in [5.74, 6) is 0. The first-order valence-electron chi connectivity index (χ1n) is 4.78. The summed E-state index contributed by atoms with van der Waals surface area (Å²) in [6, 6.07) is 0. The van der Waals surface area contributed by atoms with Crippen LogP contribution in [0.2, 0.25) is 0 Å². The van der Waals surface area contributed by atoms with Crippen LogP contribution in [-0.2, 0) is 0 Å². The van der Waals surface area contributed by atoms with E-state index in [9.17, 15) is 10.2 Å². The van der Waals surface area contributed by atoms with Gasteiger partial charge >= 0.3 is 0 Å². The molecule has 0 aliphatic rings. The van der Waals surface area contributed by atoms with Gasteiger partial charge in [-0.3, -0.25) is 0 Å². The Bertz CT molecular complexity index is 108. The molecule has 0 heterocycles. The van der Waals surface area contributed by atoms with Crippen molar-refractivity contribution in [2.75, 3.05) is 13.2 Å². The third-order valence-corrected chi connectivity index (χ3v) is 1.99. The van der Waals surface area contributed by atoms with Gasteiger partial charge < -0.3 is 20.4 Å². The van der Waals surface area contributed by atoms with Crippen molar-refractivity contribution in [2.24, 2.45) is 0 Å². The van der Waals surface area contributed by atoms with Crippen molar-refractivity contribution in [3.63, 3.8) is 0 Å². The van der Waals surface area contributed by atoms with Crippen LogP contribution in [0.25, 0.3) is 0 Å². The molecule has 80 valence electrons. The number of hydrogen-bond donors (Lipinski definition) is 4. The zero-order chi connectivity index (χ0) is 10.1. The van der Waals surface area contributed by atoms with Crippen molar-refractivity contribution in [1.29, 1.82) is 0 Å². The summed E-state index contributed by atoms with van der Waals surface area (Å²) in [4.78, 5) is 0. The van der Waals surface area contributed by atoms with Crippen LogP contribution in [0.4, 0.5) is 0 Å². The first-order valence-corrected chi connectivity index (χ1v) is 4.78. The van der Waals surface area contributed by atoms with Crippen molar-refractivity contribution >= 4 is 0 Å². The smallest absolute Gasteiger partial charge is 0.0563 e. The van der Waals surface area contributed by atoms with Gasteiger partial charge in [-0.05, 0) is 32.1 Å². The molecular formula is C9H20O4. The summed E-state index contributed by atoms with van der Waals surface area (Å²) < 4.78 is 0. The van der Waals surface area contributed by atoms with Gasteiger partial charge in [-0.2, -0.15) is 0 Å². The molecule has 4 nitrogen and oxygen atoms in total. The Hall–Kier alpha value is -0.160. The number of rotatable bonds is 8. The van der Waals surface area contributed by atoms with Crippen LogP contribution >= 0.6 is 0 Å². The molecule has 0 aromatic carbocycles. The van der Waals surface area contributed by atoms with E-state index in [1.807, 2.05) is 0 Å². The first-order chi connectivity index (χ1) is 6.20. The number of hydrogen-bond acceptors (Lipinski definition) is 4. The van der Waals surface area contributed by atoms with Crippen molar-refractivity contribution in [3.8, 4) is 0 Å². The molecule has 0 bridgehead atoms. The summed E-state index contributed by atoms with van der Waals surface area (Å²) >= 11 is 0. The first kappa shape index (κ1) is 12.8. The van der Waals surface area contributed by atoms with Crippen LogP contribution in [0.3, 0.4) is 0 Å². The van der Waals surface area contributed by atoms with Gasteiger partial charge in [0.25, 0.3) is 0 Å². The molecule has 0 aromatic heterocycles. The Balaban J connectivity index is 3.29. The molecule has 4 heteroatoms. The maximum Gasteiger partial charge on any atom is 0.0563 e. The van der Waals surface area contributed by atoms with Crippen LogP contribution in [0, 0.1) is 0 Å². The lowest BCUT2D eigenvalue weighted by Crippen LogP contribution is -2.14. The van der Waals surface area contributed by atoms with E-state index in [0.717, 1.165) is 0 Å². The van der Waals surface area contributed by atoms with E-state index in [2.05, 4.69) is 0 Å². The standard InChI is InChI=1S/C9H20O4/c10-6-1-2-8(12)3-4-9(13)5-7-11/h8-13H,1-7H2. The minimum absolute atomic E-state index is 0.0199. The number of aliphatic hydroxyl groups excluding tert-OH is 4. The fourth-order valence-corrected chi connectivity index (χ4v) is 1.15. The average molecular weight is 192 g/mol. The van der Waals surface area contributed by atoms with Crippen molar-refractivity contribution in [3.05, 3.63) is 0 Å². The highest BCUT2D eigenvalue weighted by molar-refractivity contribution is 4.61. The lowest BCUT2D eigenvalue weighted by atomic mass is 10.0. The van der Waals surface area contributed by atoms with Gasteiger partial charge in [-0.15, -0.1) is 0 Å². The Labute approximate surface area is 78.8 Å². The second kappa shape index (κ2) is 8.44. The fraction of sp³-hybridized carbons (Fsp3) is 1.00. The fourth-order valence-electron chi connectivity index (χ4n) is 1.15. The topological polar surface area (TPSA) is 80.9 Å². The van der Waals surface area contributed by atoms with E-state index >= 15 is 0 Å². The maximum absolute atomic E-state index is 9.31. The summed E-state index contributed by atoms with van der Waals surface area (Å²) in [6.45, 7) is 0.0736. The van der Waals surface area contributed by atoms with E-state index < -0.39 is 12.2 Å². The Morgan fingerprint density at radius 3 is 1.69 bits per heavy atom. The minimum atomic E-state index is -0.520. The van der Waals surface area contributed by atoms with Crippen LogP contribution in [0.1, 0.15) is 32.1 Å². The molecule has 0 aliphatic heterocycles.